The molecule has 0 aliphatic carbocycles. The SMILES string of the molecule is CN=C(NCc1ccc(N2CC=CC2)cc1)NCc1ccc(C)cc1OCC1CCCO1.I. The number of aliphatic imine (C=N–C) groups is 1. The van der Waals surface area contributed by atoms with Gasteiger partial charge in [0.2, 0.25) is 0 Å². The van der Waals surface area contributed by atoms with Crippen molar-refractivity contribution in [3.8, 4) is 5.75 Å². The van der Waals surface area contributed by atoms with Gasteiger partial charge >= 0.3 is 0 Å². The van der Waals surface area contributed by atoms with Crippen LogP contribution in [0.1, 0.15) is 29.5 Å². The predicted octanol–water partition coefficient (Wildman–Crippen LogP) is 4.41. The van der Waals surface area contributed by atoms with E-state index >= 15 is 0 Å². The summed E-state index contributed by atoms with van der Waals surface area (Å²) in [4.78, 5) is 6.72. The van der Waals surface area contributed by atoms with Gasteiger partial charge in [0, 0.05) is 51.1 Å². The third kappa shape index (κ3) is 7.37. The first-order chi connectivity index (χ1) is 15.7. The molecule has 2 aliphatic rings. The Morgan fingerprint density at radius 3 is 2.55 bits per heavy atom. The van der Waals surface area contributed by atoms with E-state index in [1.807, 2.05) is 0 Å². The summed E-state index contributed by atoms with van der Waals surface area (Å²) in [6.45, 7) is 6.88. The number of rotatable bonds is 8. The van der Waals surface area contributed by atoms with Gasteiger partial charge in [0.1, 0.15) is 12.4 Å². The third-order valence-corrected chi connectivity index (χ3v) is 5.92. The maximum atomic E-state index is 6.12. The van der Waals surface area contributed by atoms with Crippen molar-refractivity contribution in [1.29, 1.82) is 0 Å². The molecule has 2 aromatic rings. The van der Waals surface area contributed by atoms with Crippen LogP contribution >= 0.6 is 24.0 Å². The van der Waals surface area contributed by atoms with E-state index in [2.05, 4.69) is 82.1 Å². The van der Waals surface area contributed by atoms with Crippen molar-refractivity contribution in [2.24, 2.45) is 4.99 Å². The Kier molecular flexibility index (Phi) is 9.87. The van der Waals surface area contributed by atoms with Gasteiger partial charge in [-0.2, -0.15) is 0 Å². The van der Waals surface area contributed by atoms with Gasteiger partial charge in [-0.05, 0) is 49.1 Å². The second-order valence-electron chi connectivity index (χ2n) is 8.38. The Morgan fingerprint density at radius 2 is 1.85 bits per heavy atom. The fraction of sp³-hybridized carbons (Fsp3) is 0.423. The van der Waals surface area contributed by atoms with Crippen molar-refractivity contribution in [1.82, 2.24) is 10.6 Å². The van der Waals surface area contributed by atoms with Crippen molar-refractivity contribution in [3.05, 3.63) is 71.3 Å². The highest BCUT2D eigenvalue weighted by Crippen LogP contribution is 2.22. The number of anilines is 1. The molecular weight excluding hydrogens is 527 g/mol. The van der Waals surface area contributed by atoms with E-state index in [1.54, 1.807) is 7.05 Å². The first-order valence-corrected chi connectivity index (χ1v) is 11.5. The molecule has 7 heteroatoms. The Labute approximate surface area is 214 Å². The van der Waals surface area contributed by atoms with Gasteiger partial charge in [0.05, 0.1) is 6.10 Å². The zero-order valence-electron chi connectivity index (χ0n) is 19.5. The van der Waals surface area contributed by atoms with E-state index in [0.29, 0.717) is 19.7 Å². The number of guanidine groups is 1. The zero-order valence-corrected chi connectivity index (χ0v) is 21.9. The fourth-order valence-corrected chi connectivity index (χ4v) is 4.00. The van der Waals surface area contributed by atoms with Crippen molar-refractivity contribution >= 4 is 35.6 Å². The molecule has 1 fully saturated rings. The number of hydrogen-bond donors (Lipinski definition) is 2. The first kappa shape index (κ1) is 25.4. The topological polar surface area (TPSA) is 58.1 Å². The number of ether oxygens (including phenoxy) is 2. The summed E-state index contributed by atoms with van der Waals surface area (Å²) in [5.41, 5.74) is 4.78. The average Bonchev–Trinajstić information content (AvgIpc) is 3.54. The largest absolute Gasteiger partial charge is 0.491 e. The minimum Gasteiger partial charge on any atom is -0.491 e. The van der Waals surface area contributed by atoms with Crippen molar-refractivity contribution in [2.75, 3.05) is 38.3 Å². The molecule has 0 amide bonds. The summed E-state index contributed by atoms with van der Waals surface area (Å²) in [6, 6.07) is 15.0. The van der Waals surface area contributed by atoms with Crippen LogP contribution in [0.15, 0.2) is 59.6 Å². The molecule has 2 heterocycles. The van der Waals surface area contributed by atoms with Crippen LogP contribution in [0.2, 0.25) is 0 Å². The number of nitrogens with one attached hydrogen (secondary N) is 2. The number of aryl methyl sites for hydroxylation is 1. The summed E-state index contributed by atoms with van der Waals surface area (Å²) in [6.07, 6.45) is 6.82. The monoisotopic (exact) mass is 562 g/mol. The van der Waals surface area contributed by atoms with E-state index < -0.39 is 0 Å². The maximum absolute atomic E-state index is 6.12. The normalized spacial score (nSPS) is 17.7. The first-order valence-electron chi connectivity index (χ1n) is 11.5. The molecule has 2 N–H and O–H groups in total. The van der Waals surface area contributed by atoms with E-state index in [1.165, 1.54) is 16.8 Å². The quantitative estimate of drug-likeness (QED) is 0.216. The number of halogens is 1. The summed E-state index contributed by atoms with van der Waals surface area (Å²) < 4.78 is 11.8. The van der Waals surface area contributed by atoms with Gasteiger partial charge < -0.3 is 25.0 Å². The lowest BCUT2D eigenvalue weighted by atomic mass is 10.1. The van der Waals surface area contributed by atoms with Crippen LogP contribution in [-0.2, 0) is 17.8 Å². The van der Waals surface area contributed by atoms with E-state index in [-0.39, 0.29) is 30.1 Å². The number of hydrogen-bond acceptors (Lipinski definition) is 4. The lowest BCUT2D eigenvalue weighted by molar-refractivity contribution is 0.0676. The van der Waals surface area contributed by atoms with E-state index in [9.17, 15) is 0 Å². The molecule has 2 aliphatic heterocycles. The molecule has 2 aromatic carbocycles. The molecule has 6 nitrogen and oxygen atoms in total. The van der Waals surface area contributed by atoms with Crippen LogP contribution < -0.4 is 20.3 Å². The molecule has 0 radical (unpaired) electrons. The summed E-state index contributed by atoms with van der Waals surface area (Å²) >= 11 is 0. The van der Waals surface area contributed by atoms with Gasteiger partial charge in [0.25, 0.3) is 0 Å². The molecule has 33 heavy (non-hydrogen) atoms. The minimum absolute atomic E-state index is 0. The van der Waals surface area contributed by atoms with Gasteiger partial charge in [-0.25, -0.2) is 0 Å². The molecule has 178 valence electrons. The Hall–Kier alpha value is -2.26. The van der Waals surface area contributed by atoms with Crippen molar-refractivity contribution in [2.45, 2.75) is 39.0 Å². The number of benzene rings is 2. The van der Waals surface area contributed by atoms with Crippen LogP contribution in [-0.4, -0.2) is 45.4 Å². The van der Waals surface area contributed by atoms with Crippen molar-refractivity contribution < 1.29 is 9.47 Å². The van der Waals surface area contributed by atoms with Crippen molar-refractivity contribution in [3.63, 3.8) is 0 Å². The van der Waals surface area contributed by atoms with Crippen LogP contribution in [0.5, 0.6) is 5.75 Å². The summed E-state index contributed by atoms with van der Waals surface area (Å²) in [5, 5.41) is 6.82. The van der Waals surface area contributed by atoms with E-state index in [0.717, 1.165) is 49.8 Å². The third-order valence-electron chi connectivity index (χ3n) is 5.92. The minimum atomic E-state index is 0. The molecule has 1 atom stereocenters. The van der Waals surface area contributed by atoms with Gasteiger partial charge in [-0.3, -0.25) is 4.99 Å². The van der Waals surface area contributed by atoms with Crippen LogP contribution in [0.25, 0.3) is 0 Å². The highest BCUT2D eigenvalue weighted by atomic mass is 127. The lowest BCUT2D eigenvalue weighted by Gasteiger charge is -2.18. The van der Waals surface area contributed by atoms with Crippen LogP contribution in [0.3, 0.4) is 0 Å². The van der Waals surface area contributed by atoms with Crippen LogP contribution in [0.4, 0.5) is 5.69 Å². The molecule has 1 saturated heterocycles. The van der Waals surface area contributed by atoms with Gasteiger partial charge in [-0.15, -0.1) is 24.0 Å². The van der Waals surface area contributed by atoms with E-state index in [4.69, 9.17) is 9.47 Å². The molecule has 0 spiro atoms. The lowest BCUT2D eigenvalue weighted by Crippen LogP contribution is -2.36. The van der Waals surface area contributed by atoms with Gasteiger partial charge in [-0.1, -0.05) is 36.4 Å². The molecule has 1 unspecified atom stereocenters. The zero-order chi connectivity index (χ0) is 22.2. The standard InChI is InChI=1S/C26H34N4O2.HI/c1-20-7-10-22(25(16-20)32-19-24-6-5-15-31-24)18-29-26(27-2)28-17-21-8-11-23(12-9-21)30-13-3-4-14-30;/h3-4,7-12,16,24H,5-6,13-15,17-19H2,1-2H3,(H2,27,28,29);1H. The summed E-state index contributed by atoms with van der Waals surface area (Å²) in [5.74, 6) is 1.68. The van der Waals surface area contributed by atoms with Gasteiger partial charge in [0.15, 0.2) is 5.96 Å². The fourth-order valence-electron chi connectivity index (χ4n) is 4.00. The smallest absolute Gasteiger partial charge is 0.191 e. The second-order valence-corrected chi connectivity index (χ2v) is 8.38. The average molecular weight is 562 g/mol. The number of nitrogens with zero attached hydrogens (tertiary/aromatic N) is 2. The highest BCUT2D eigenvalue weighted by molar-refractivity contribution is 14.0. The molecular formula is C26H35IN4O2. The highest BCUT2D eigenvalue weighted by Gasteiger charge is 2.17. The molecule has 0 saturated carbocycles. The second kappa shape index (κ2) is 12.8. The van der Waals surface area contributed by atoms with Crippen LogP contribution in [0, 0.1) is 6.92 Å². The summed E-state index contributed by atoms with van der Waals surface area (Å²) in [7, 11) is 1.79. The predicted molar refractivity (Wildman–Crippen MR) is 146 cm³/mol. The maximum Gasteiger partial charge on any atom is 0.191 e. The molecule has 0 bridgehead atoms. The Morgan fingerprint density at radius 1 is 1.09 bits per heavy atom. The Balaban J connectivity index is 0.00000306. The molecule has 4 rings (SSSR count). The Bertz CT molecular complexity index is 932. The molecule has 0 aromatic heterocycles.